The Morgan fingerprint density at radius 3 is 2.00 bits per heavy atom. The second-order valence-corrected chi connectivity index (χ2v) is 13.4. The maximum atomic E-state index is 11.8. The first-order valence-corrected chi connectivity index (χ1v) is 11.3. The molecule has 0 saturated carbocycles. The van der Waals surface area contributed by atoms with Crippen LogP contribution in [-0.2, 0) is 9.16 Å². The normalized spacial score (nSPS) is 13.1. The number of ether oxygens (including phenoxy) is 1. The van der Waals surface area contributed by atoms with Crippen LogP contribution in [0.5, 0.6) is 0 Å². The summed E-state index contributed by atoms with van der Waals surface area (Å²) in [4.78, 5) is 13.5. The van der Waals surface area contributed by atoms with E-state index in [1.54, 1.807) is 11.9 Å². The minimum Gasteiger partial charge on any atom is -0.444 e. The number of carbonyl (C=O) groups is 1. The van der Waals surface area contributed by atoms with Gasteiger partial charge in [0, 0.05) is 20.2 Å². The van der Waals surface area contributed by atoms with E-state index in [0.717, 1.165) is 32.4 Å². The number of unbranched alkanes of at least 4 members (excludes halogenated alkanes) is 2. The van der Waals surface area contributed by atoms with Gasteiger partial charge in [0.05, 0.1) is 0 Å². The monoisotopic (exact) mass is 331 g/mol. The number of rotatable bonds is 7. The second-order valence-electron chi connectivity index (χ2n) is 8.57. The zero-order valence-electron chi connectivity index (χ0n) is 16.2. The average molecular weight is 332 g/mol. The fourth-order valence-electron chi connectivity index (χ4n) is 1.60. The van der Waals surface area contributed by atoms with Crippen molar-refractivity contribution >= 4 is 14.4 Å². The van der Waals surface area contributed by atoms with Gasteiger partial charge in [0.25, 0.3) is 0 Å². The first-order chi connectivity index (χ1) is 9.76. The highest BCUT2D eigenvalue weighted by Crippen LogP contribution is 2.36. The largest absolute Gasteiger partial charge is 0.444 e. The van der Waals surface area contributed by atoms with Crippen molar-refractivity contribution in [2.45, 2.75) is 84.5 Å². The molecule has 0 N–H and O–H groups in total. The van der Waals surface area contributed by atoms with E-state index in [-0.39, 0.29) is 11.1 Å². The topological polar surface area (TPSA) is 38.8 Å². The summed E-state index contributed by atoms with van der Waals surface area (Å²) in [5.41, 5.74) is -0.428. The van der Waals surface area contributed by atoms with Crippen LogP contribution in [-0.4, -0.2) is 45.1 Å². The molecular formula is C17H37NO3Si. The van der Waals surface area contributed by atoms with E-state index in [4.69, 9.17) is 9.16 Å². The first-order valence-electron chi connectivity index (χ1n) is 8.34. The average Bonchev–Trinajstić information content (AvgIpc) is 2.29. The zero-order valence-corrected chi connectivity index (χ0v) is 17.2. The Hall–Kier alpha value is -0.553. The van der Waals surface area contributed by atoms with E-state index in [1.165, 1.54) is 0 Å². The molecule has 0 fully saturated rings. The molecule has 4 nitrogen and oxygen atoms in total. The van der Waals surface area contributed by atoms with Crippen LogP contribution < -0.4 is 0 Å². The maximum Gasteiger partial charge on any atom is 0.410 e. The second kappa shape index (κ2) is 8.34. The van der Waals surface area contributed by atoms with Crippen molar-refractivity contribution in [3.63, 3.8) is 0 Å². The Kier molecular flexibility index (Phi) is 8.13. The lowest BCUT2D eigenvalue weighted by Crippen LogP contribution is -2.41. The molecule has 0 unspecified atom stereocenters. The predicted octanol–water partition coefficient (Wildman–Crippen LogP) is 5.05. The van der Waals surface area contributed by atoms with E-state index < -0.39 is 13.9 Å². The van der Waals surface area contributed by atoms with Crippen LogP contribution in [0.1, 0.15) is 60.8 Å². The molecule has 1 amide bonds. The van der Waals surface area contributed by atoms with Crippen LogP contribution >= 0.6 is 0 Å². The summed E-state index contributed by atoms with van der Waals surface area (Å²) < 4.78 is 11.5. The van der Waals surface area contributed by atoms with Crippen LogP contribution in [0.4, 0.5) is 4.79 Å². The summed E-state index contributed by atoms with van der Waals surface area (Å²) in [6.45, 7) is 18.6. The Labute approximate surface area is 138 Å². The summed E-state index contributed by atoms with van der Waals surface area (Å²) in [6.07, 6.45) is 2.86. The molecule has 0 aliphatic rings. The van der Waals surface area contributed by atoms with E-state index in [0.29, 0.717) is 0 Å². The van der Waals surface area contributed by atoms with E-state index in [9.17, 15) is 4.79 Å². The molecular weight excluding hydrogens is 294 g/mol. The van der Waals surface area contributed by atoms with Gasteiger partial charge in [-0.2, -0.15) is 0 Å². The number of carbonyl (C=O) groups excluding carboxylic acids is 1. The molecule has 0 spiro atoms. The Bertz CT molecular complexity index is 343. The van der Waals surface area contributed by atoms with Crippen molar-refractivity contribution in [1.29, 1.82) is 0 Å². The quantitative estimate of drug-likeness (QED) is 0.484. The standard InChI is InChI=1S/C17H37NO3Si/c1-16(2,3)21-15(19)18(7)13-11-10-12-14-20-22(8,9)17(4,5)6/h10-14H2,1-9H3. The summed E-state index contributed by atoms with van der Waals surface area (Å²) in [5.74, 6) is 0. The molecule has 132 valence electrons. The molecule has 0 aromatic rings. The van der Waals surface area contributed by atoms with Gasteiger partial charge in [-0.3, -0.25) is 0 Å². The zero-order chi connectivity index (χ0) is 17.6. The first kappa shape index (κ1) is 21.4. The molecule has 0 rings (SSSR count). The number of nitrogens with zero attached hydrogens (tertiary/aromatic N) is 1. The van der Waals surface area contributed by atoms with Crippen LogP contribution in [0.15, 0.2) is 0 Å². The van der Waals surface area contributed by atoms with Crippen LogP contribution in [0.25, 0.3) is 0 Å². The molecule has 5 heteroatoms. The maximum absolute atomic E-state index is 11.8. The van der Waals surface area contributed by atoms with Gasteiger partial charge in [0.1, 0.15) is 5.60 Å². The van der Waals surface area contributed by atoms with Crippen LogP contribution in [0.2, 0.25) is 18.1 Å². The Morgan fingerprint density at radius 1 is 1.00 bits per heavy atom. The third-order valence-corrected chi connectivity index (χ3v) is 8.65. The van der Waals surface area contributed by atoms with E-state index in [1.807, 2.05) is 20.8 Å². The van der Waals surface area contributed by atoms with Crippen molar-refractivity contribution in [3.05, 3.63) is 0 Å². The van der Waals surface area contributed by atoms with Crippen molar-refractivity contribution < 1.29 is 14.0 Å². The lowest BCUT2D eigenvalue weighted by Gasteiger charge is -2.36. The van der Waals surface area contributed by atoms with E-state index >= 15 is 0 Å². The summed E-state index contributed by atoms with van der Waals surface area (Å²) in [5, 5.41) is 0.268. The fraction of sp³-hybridized carbons (Fsp3) is 0.941. The lowest BCUT2D eigenvalue weighted by molar-refractivity contribution is 0.0296. The van der Waals surface area contributed by atoms with Crippen molar-refractivity contribution in [2.24, 2.45) is 0 Å². The molecule has 0 saturated heterocycles. The summed E-state index contributed by atoms with van der Waals surface area (Å²) in [7, 11) is 0.176. The Morgan fingerprint density at radius 2 is 1.55 bits per heavy atom. The summed E-state index contributed by atoms with van der Waals surface area (Å²) in [6, 6.07) is 0. The van der Waals surface area contributed by atoms with Gasteiger partial charge in [-0.1, -0.05) is 20.8 Å². The van der Waals surface area contributed by atoms with Crippen molar-refractivity contribution in [3.8, 4) is 0 Å². The van der Waals surface area contributed by atoms with Gasteiger partial charge < -0.3 is 14.1 Å². The third-order valence-electron chi connectivity index (χ3n) is 4.11. The molecule has 0 aromatic heterocycles. The molecule has 0 aliphatic heterocycles. The Balaban J connectivity index is 3.85. The highest BCUT2D eigenvalue weighted by molar-refractivity contribution is 6.74. The SMILES string of the molecule is CN(CCCCCO[Si](C)(C)C(C)(C)C)C(=O)OC(C)(C)C. The van der Waals surface area contributed by atoms with E-state index in [2.05, 4.69) is 33.9 Å². The fourth-order valence-corrected chi connectivity index (χ4v) is 2.69. The van der Waals surface area contributed by atoms with Gasteiger partial charge in [-0.25, -0.2) is 4.79 Å². The smallest absolute Gasteiger partial charge is 0.410 e. The van der Waals surface area contributed by atoms with Gasteiger partial charge in [-0.05, 0) is 58.2 Å². The minimum absolute atomic E-state index is 0.245. The van der Waals surface area contributed by atoms with Gasteiger partial charge in [-0.15, -0.1) is 0 Å². The van der Waals surface area contributed by atoms with Gasteiger partial charge in [0.2, 0.25) is 0 Å². The minimum atomic E-state index is -1.62. The summed E-state index contributed by atoms with van der Waals surface area (Å²) >= 11 is 0. The molecule has 0 aliphatic carbocycles. The lowest BCUT2D eigenvalue weighted by atomic mass is 10.2. The van der Waals surface area contributed by atoms with Crippen molar-refractivity contribution in [1.82, 2.24) is 4.90 Å². The molecule has 0 bridgehead atoms. The highest BCUT2D eigenvalue weighted by Gasteiger charge is 2.36. The number of hydrogen-bond donors (Lipinski definition) is 0. The number of hydrogen-bond acceptors (Lipinski definition) is 3. The number of amides is 1. The molecule has 0 atom stereocenters. The molecule has 0 aromatic carbocycles. The van der Waals surface area contributed by atoms with Crippen molar-refractivity contribution in [2.75, 3.05) is 20.2 Å². The van der Waals surface area contributed by atoms with Gasteiger partial charge in [0.15, 0.2) is 8.32 Å². The molecule has 0 radical (unpaired) electrons. The van der Waals surface area contributed by atoms with Crippen LogP contribution in [0.3, 0.4) is 0 Å². The predicted molar refractivity (Wildman–Crippen MR) is 95.9 cm³/mol. The van der Waals surface area contributed by atoms with Gasteiger partial charge >= 0.3 is 6.09 Å². The highest BCUT2D eigenvalue weighted by atomic mass is 28.4. The third kappa shape index (κ3) is 8.78. The molecule has 22 heavy (non-hydrogen) atoms. The van der Waals surface area contributed by atoms with Crippen LogP contribution in [0, 0.1) is 0 Å². The molecule has 0 heterocycles.